The van der Waals surface area contributed by atoms with E-state index in [0.29, 0.717) is 29.1 Å². The number of methoxy groups -OCH3 is 1. The second-order valence-electron chi connectivity index (χ2n) is 6.03. The highest BCUT2D eigenvalue weighted by Gasteiger charge is 2.55. The summed E-state index contributed by atoms with van der Waals surface area (Å²) in [4.78, 5) is 12.4. The lowest BCUT2D eigenvalue weighted by Crippen LogP contribution is -2.38. The molecule has 0 bridgehead atoms. The van der Waals surface area contributed by atoms with Crippen molar-refractivity contribution >= 4 is 5.78 Å². The summed E-state index contributed by atoms with van der Waals surface area (Å²) in [5, 5.41) is 10.5. The Balaban J connectivity index is 2.59. The van der Waals surface area contributed by atoms with Crippen LogP contribution in [0, 0.1) is 5.41 Å². The first kappa shape index (κ1) is 14.1. The molecule has 1 N–H and O–H groups in total. The van der Waals surface area contributed by atoms with E-state index in [4.69, 9.17) is 9.47 Å². The molecule has 0 fully saturated rings. The van der Waals surface area contributed by atoms with Crippen LogP contribution >= 0.6 is 0 Å². The number of ketones is 1. The van der Waals surface area contributed by atoms with Crippen molar-refractivity contribution in [3.8, 4) is 0 Å². The Morgan fingerprint density at radius 1 is 1.37 bits per heavy atom. The number of hydrogen-bond acceptors (Lipinski definition) is 4. The van der Waals surface area contributed by atoms with Crippen molar-refractivity contribution < 1.29 is 19.4 Å². The molecule has 0 spiro atoms. The van der Waals surface area contributed by atoms with Gasteiger partial charge in [-0.1, -0.05) is 6.92 Å². The van der Waals surface area contributed by atoms with Crippen molar-refractivity contribution in [2.75, 3.05) is 7.11 Å². The molecule has 0 radical (unpaired) electrons. The molecule has 0 aromatic heterocycles. The molecule has 1 heterocycles. The molecule has 2 rings (SSSR count). The summed E-state index contributed by atoms with van der Waals surface area (Å²) >= 11 is 0. The van der Waals surface area contributed by atoms with Gasteiger partial charge in [-0.2, -0.15) is 0 Å². The van der Waals surface area contributed by atoms with Gasteiger partial charge in [-0.15, -0.1) is 0 Å². The molecule has 1 aliphatic heterocycles. The largest absolute Gasteiger partial charge is 0.500 e. The SMILES string of the molecule is CC[C@@]1(C)OC2=C(C(=O)C(C)=C(OC)C2(C)C)[C@@H]1O. The van der Waals surface area contributed by atoms with Gasteiger partial charge < -0.3 is 14.6 Å². The number of carbonyl (C=O) groups is 1. The lowest BCUT2D eigenvalue weighted by Gasteiger charge is -2.34. The molecule has 4 nitrogen and oxygen atoms in total. The Kier molecular flexibility index (Phi) is 3.05. The molecular weight excluding hydrogens is 244 g/mol. The number of aliphatic hydroxyl groups excluding tert-OH is 1. The van der Waals surface area contributed by atoms with Crippen LogP contribution < -0.4 is 0 Å². The van der Waals surface area contributed by atoms with Crippen LogP contribution in [0.2, 0.25) is 0 Å². The second kappa shape index (κ2) is 4.10. The van der Waals surface area contributed by atoms with Crippen LogP contribution in [0.5, 0.6) is 0 Å². The highest BCUT2D eigenvalue weighted by Crippen LogP contribution is 2.51. The van der Waals surface area contributed by atoms with E-state index in [2.05, 4.69) is 0 Å². The van der Waals surface area contributed by atoms with Gasteiger partial charge in [0.15, 0.2) is 5.78 Å². The molecule has 1 aliphatic carbocycles. The third kappa shape index (κ3) is 1.66. The summed E-state index contributed by atoms with van der Waals surface area (Å²) in [5.41, 5.74) is -0.321. The minimum absolute atomic E-state index is 0.171. The zero-order chi connectivity index (χ0) is 14.6. The normalized spacial score (nSPS) is 33.4. The Bertz CT molecular complexity index is 498. The van der Waals surface area contributed by atoms with Gasteiger partial charge in [0, 0.05) is 5.57 Å². The van der Waals surface area contributed by atoms with E-state index in [1.807, 2.05) is 27.7 Å². The van der Waals surface area contributed by atoms with Crippen molar-refractivity contribution in [3.05, 3.63) is 22.7 Å². The van der Waals surface area contributed by atoms with Crippen LogP contribution in [-0.2, 0) is 14.3 Å². The van der Waals surface area contributed by atoms with Gasteiger partial charge in [0.2, 0.25) is 0 Å². The number of Topliss-reactive ketones (excluding diaryl/α,β-unsaturated/α-hetero) is 1. The summed E-state index contributed by atoms with van der Waals surface area (Å²) in [6.45, 7) is 9.41. The lowest BCUT2D eigenvalue weighted by molar-refractivity contribution is -0.114. The van der Waals surface area contributed by atoms with Gasteiger partial charge in [-0.3, -0.25) is 4.79 Å². The molecular formula is C15H22O4. The van der Waals surface area contributed by atoms with Gasteiger partial charge in [-0.05, 0) is 34.1 Å². The number of ether oxygens (including phenoxy) is 2. The average molecular weight is 266 g/mol. The molecule has 0 aromatic carbocycles. The van der Waals surface area contributed by atoms with Crippen LogP contribution in [0.3, 0.4) is 0 Å². The molecule has 0 aromatic rings. The van der Waals surface area contributed by atoms with E-state index in [-0.39, 0.29) is 5.78 Å². The van der Waals surface area contributed by atoms with Gasteiger partial charge in [0.1, 0.15) is 23.2 Å². The molecule has 19 heavy (non-hydrogen) atoms. The average Bonchev–Trinajstić information content (AvgIpc) is 2.62. The van der Waals surface area contributed by atoms with Crippen LogP contribution in [0.1, 0.15) is 41.0 Å². The highest BCUT2D eigenvalue weighted by atomic mass is 16.5. The van der Waals surface area contributed by atoms with E-state index >= 15 is 0 Å². The van der Waals surface area contributed by atoms with Gasteiger partial charge in [0.05, 0.1) is 18.1 Å². The maximum Gasteiger partial charge on any atom is 0.194 e. The van der Waals surface area contributed by atoms with Crippen molar-refractivity contribution in [2.45, 2.75) is 52.7 Å². The third-order valence-electron chi connectivity index (χ3n) is 4.40. The summed E-state index contributed by atoms with van der Waals surface area (Å²) in [6.07, 6.45) is -0.251. The van der Waals surface area contributed by atoms with Crippen molar-refractivity contribution in [3.63, 3.8) is 0 Å². The standard InChI is InChI=1S/C15H22O4/c1-7-15(5)11(17)9-10(16)8(2)12(18-6)14(3,4)13(9)19-15/h11,17H,7H2,1-6H3/t11-,15+/m0/s1. The minimum Gasteiger partial charge on any atom is -0.500 e. The summed E-state index contributed by atoms with van der Waals surface area (Å²) in [5.74, 6) is 0.997. The zero-order valence-electron chi connectivity index (χ0n) is 12.5. The third-order valence-corrected chi connectivity index (χ3v) is 4.40. The Labute approximate surface area is 114 Å². The Morgan fingerprint density at radius 3 is 2.42 bits per heavy atom. The molecule has 0 amide bonds. The van der Waals surface area contributed by atoms with Crippen LogP contribution in [0.4, 0.5) is 0 Å². The van der Waals surface area contributed by atoms with Gasteiger partial charge in [0.25, 0.3) is 0 Å². The molecule has 0 saturated heterocycles. The Morgan fingerprint density at radius 2 is 1.95 bits per heavy atom. The van der Waals surface area contributed by atoms with Crippen molar-refractivity contribution in [2.24, 2.45) is 5.41 Å². The first-order chi connectivity index (χ1) is 8.70. The van der Waals surface area contributed by atoms with Crippen LogP contribution in [0.15, 0.2) is 22.7 Å². The number of allylic oxidation sites excluding steroid dienone is 1. The van der Waals surface area contributed by atoms with Gasteiger partial charge >= 0.3 is 0 Å². The fraction of sp³-hybridized carbons (Fsp3) is 0.667. The predicted molar refractivity (Wildman–Crippen MR) is 71.3 cm³/mol. The van der Waals surface area contributed by atoms with E-state index in [1.165, 1.54) is 0 Å². The summed E-state index contributed by atoms with van der Waals surface area (Å²) < 4.78 is 11.4. The van der Waals surface area contributed by atoms with E-state index in [9.17, 15) is 9.90 Å². The highest BCUT2D eigenvalue weighted by molar-refractivity contribution is 6.11. The Hall–Kier alpha value is -1.29. The quantitative estimate of drug-likeness (QED) is 0.833. The molecule has 0 saturated carbocycles. The molecule has 106 valence electrons. The number of aliphatic hydroxyl groups is 1. The van der Waals surface area contributed by atoms with E-state index < -0.39 is 17.1 Å². The molecule has 0 unspecified atom stereocenters. The molecule has 2 atom stereocenters. The lowest BCUT2D eigenvalue weighted by atomic mass is 9.76. The van der Waals surface area contributed by atoms with E-state index in [1.54, 1.807) is 14.0 Å². The maximum absolute atomic E-state index is 12.4. The zero-order valence-corrected chi connectivity index (χ0v) is 12.5. The molecule has 4 heteroatoms. The topological polar surface area (TPSA) is 55.8 Å². The minimum atomic E-state index is -0.882. The van der Waals surface area contributed by atoms with E-state index in [0.717, 1.165) is 0 Å². The van der Waals surface area contributed by atoms with Crippen molar-refractivity contribution in [1.29, 1.82) is 0 Å². The first-order valence-corrected chi connectivity index (χ1v) is 6.62. The number of hydrogen-bond donors (Lipinski definition) is 1. The number of rotatable bonds is 2. The maximum atomic E-state index is 12.4. The smallest absolute Gasteiger partial charge is 0.194 e. The monoisotopic (exact) mass is 266 g/mol. The van der Waals surface area contributed by atoms with Crippen LogP contribution in [-0.4, -0.2) is 29.7 Å². The number of carbonyl (C=O) groups excluding carboxylic acids is 1. The fourth-order valence-electron chi connectivity index (χ4n) is 3.02. The molecule has 2 aliphatic rings. The van der Waals surface area contributed by atoms with Gasteiger partial charge in [-0.25, -0.2) is 0 Å². The predicted octanol–water partition coefficient (Wildman–Crippen LogP) is 2.33. The fourth-order valence-corrected chi connectivity index (χ4v) is 3.02. The first-order valence-electron chi connectivity index (χ1n) is 6.62. The van der Waals surface area contributed by atoms with Crippen molar-refractivity contribution in [1.82, 2.24) is 0 Å². The second-order valence-corrected chi connectivity index (χ2v) is 6.03. The van der Waals surface area contributed by atoms with Crippen LogP contribution in [0.25, 0.3) is 0 Å². The summed E-state index contributed by atoms with van der Waals surface area (Å²) in [7, 11) is 1.56. The summed E-state index contributed by atoms with van der Waals surface area (Å²) in [6, 6.07) is 0.